The summed E-state index contributed by atoms with van der Waals surface area (Å²) < 4.78 is 13.3. The van der Waals surface area contributed by atoms with Gasteiger partial charge >= 0.3 is 0 Å². The summed E-state index contributed by atoms with van der Waals surface area (Å²) in [6.07, 6.45) is 1.81. The Morgan fingerprint density at radius 2 is 2.12 bits per heavy atom. The van der Waals surface area contributed by atoms with Crippen LogP contribution < -0.4 is 10.2 Å². The number of nitrogens with one attached hydrogen (secondary N) is 1. The third kappa shape index (κ3) is 2.28. The van der Waals surface area contributed by atoms with Crippen molar-refractivity contribution in [2.24, 2.45) is 0 Å². The van der Waals surface area contributed by atoms with Gasteiger partial charge in [0, 0.05) is 17.8 Å². The van der Waals surface area contributed by atoms with Crippen molar-refractivity contribution in [3.63, 3.8) is 0 Å². The monoisotopic (exact) mass is 324 g/mol. The van der Waals surface area contributed by atoms with Gasteiger partial charge in [-0.1, -0.05) is 6.07 Å². The van der Waals surface area contributed by atoms with Crippen LogP contribution in [0.2, 0.25) is 0 Å². The number of hydrogen-bond donors (Lipinski definition) is 1. The summed E-state index contributed by atoms with van der Waals surface area (Å²) in [4.78, 5) is 26.6. The average Bonchev–Trinajstić information content (AvgIpc) is 2.82. The summed E-state index contributed by atoms with van der Waals surface area (Å²) in [5.74, 6) is -0.865. The van der Waals surface area contributed by atoms with E-state index in [0.717, 1.165) is 36.2 Å². The van der Waals surface area contributed by atoms with Crippen LogP contribution in [-0.2, 0) is 11.2 Å². The van der Waals surface area contributed by atoms with Crippen LogP contribution in [0, 0.1) is 5.82 Å². The molecule has 2 heterocycles. The molecule has 2 aromatic carbocycles. The minimum Gasteiger partial charge on any atom is -0.322 e. The Labute approximate surface area is 139 Å². The van der Waals surface area contributed by atoms with Crippen molar-refractivity contribution in [1.29, 1.82) is 0 Å². The molecule has 0 saturated carbocycles. The van der Waals surface area contributed by atoms with Crippen molar-refractivity contribution in [3.05, 3.63) is 58.9 Å². The highest BCUT2D eigenvalue weighted by atomic mass is 19.1. The van der Waals surface area contributed by atoms with E-state index in [2.05, 4.69) is 5.32 Å². The normalized spacial score (nSPS) is 18.5. The van der Waals surface area contributed by atoms with Crippen LogP contribution in [0.25, 0.3) is 0 Å². The SMILES string of the molecule is C[C@H]1C(=O)N2CCCc3cc(NC(=O)c4cccc(F)c4)cc1c32. The van der Waals surface area contributed by atoms with Gasteiger partial charge in [-0.3, -0.25) is 9.59 Å². The van der Waals surface area contributed by atoms with Crippen molar-refractivity contribution in [2.45, 2.75) is 25.7 Å². The molecule has 1 N–H and O–H groups in total. The van der Waals surface area contributed by atoms with Gasteiger partial charge < -0.3 is 10.2 Å². The van der Waals surface area contributed by atoms with Crippen molar-refractivity contribution in [3.8, 4) is 0 Å². The fourth-order valence-corrected chi connectivity index (χ4v) is 3.60. The minimum atomic E-state index is -0.443. The lowest BCUT2D eigenvalue weighted by atomic mass is 9.96. The first-order chi connectivity index (χ1) is 11.5. The van der Waals surface area contributed by atoms with Gasteiger partial charge in [0.25, 0.3) is 5.91 Å². The van der Waals surface area contributed by atoms with E-state index >= 15 is 0 Å². The maximum Gasteiger partial charge on any atom is 0.255 e. The predicted octanol–water partition coefficient (Wildman–Crippen LogP) is 3.47. The molecule has 122 valence electrons. The maximum atomic E-state index is 13.3. The number of hydrogen-bond acceptors (Lipinski definition) is 2. The molecule has 0 saturated heterocycles. The summed E-state index contributed by atoms with van der Waals surface area (Å²) in [7, 11) is 0. The van der Waals surface area contributed by atoms with E-state index in [4.69, 9.17) is 0 Å². The lowest BCUT2D eigenvalue weighted by molar-refractivity contribution is -0.119. The van der Waals surface area contributed by atoms with Crippen LogP contribution in [0.5, 0.6) is 0 Å². The second kappa shape index (κ2) is 5.44. The van der Waals surface area contributed by atoms with E-state index in [-0.39, 0.29) is 23.3 Å². The third-order valence-corrected chi connectivity index (χ3v) is 4.76. The molecule has 2 amide bonds. The number of benzene rings is 2. The van der Waals surface area contributed by atoms with Gasteiger partial charge in [0.15, 0.2) is 0 Å². The molecule has 2 aliphatic rings. The Hall–Kier alpha value is -2.69. The van der Waals surface area contributed by atoms with E-state index in [1.165, 1.54) is 18.2 Å². The Morgan fingerprint density at radius 1 is 1.29 bits per heavy atom. The van der Waals surface area contributed by atoms with Crippen LogP contribution in [0.4, 0.5) is 15.8 Å². The Bertz CT molecular complexity index is 862. The summed E-state index contributed by atoms with van der Waals surface area (Å²) in [5, 5.41) is 2.83. The topological polar surface area (TPSA) is 49.4 Å². The van der Waals surface area contributed by atoms with Crippen molar-refractivity contribution in [1.82, 2.24) is 0 Å². The van der Waals surface area contributed by atoms with E-state index < -0.39 is 5.82 Å². The molecule has 5 heteroatoms. The number of carbonyl (C=O) groups is 2. The number of rotatable bonds is 2. The van der Waals surface area contributed by atoms with Gasteiger partial charge in [-0.05, 0) is 61.2 Å². The van der Waals surface area contributed by atoms with E-state index in [1.54, 1.807) is 6.07 Å². The Balaban J connectivity index is 1.69. The second-order valence-electron chi connectivity index (χ2n) is 6.35. The predicted molar refractivity (Wildman–Crippen MR) is 89.9 cm³/mol. The number of halogens is 1. The number of aryl methyl sites for hydroxylation is 1. The zero-order valence-electron chi connectivity index (χ0n) is 13.3. The molecule has 24 heavy (non-hydrogen) atoms. The van der Waals surface area contributed by atoms with Crippen LogP contribution in [0.1, 0.15) is 40.7 Å². The van der Waals surface area contributed by atoms with Gasteiger partial charge in [-0.25, -0.2) is 4.39 Å². The number of amides is 2. The summed E-state index contributed by atoms with van der Waals surface area (Å²) in [6, 6.07) is 9.38. The smallest absolute Gasteiger partial charge is 0.255 e. The summed E-state index contributed by atoms with van der Waals surface area (Å²) in [5.41, 5.74) is 4.00. The van der Waals surface area contributed by atoms with Gasteiger partial charge in [0.2, 0.25) is 5.91 Å². The van der Waals surface area contributed by atoms with Gasteiger partial charge in [-0.15, -0.1) is 0 Å². The molecule has 4 rings (SSSR count). The highest BCUT2D eigenvalue weighted by Gasteiger charge is 2.37. The largest absolute Gasteiger partial charge is 0.322 e. The molecule has 0 aliphatic carbocycles. The zero-order valence-corrected chi connectivity index (χ0v) is 13.3. The zero-order chi connectivity index (χ0) is 16.8. The molecule has 2 aromatic rings. The first-order valence-corrected chi connectivity index (χ1v) is 8.09. The lowest BCUT2D eigenvalue weighted by Gasteiger charge is -2.26. The van der Waals surface area contributed by atoms with Crippen molar-refractivity contribution < 1.29 is 14.0 Å². The van der Waals surface area contributed by atoms with Crippen molar-refractivity contribution >= 4 is 23.2 Å². The molecule has 2 aliphatic heterocycles. The first-order valence-electron chi connectivity index (χ1n) is 8.09. The highest BCUT2D eigenvalue weighted by molar-refractivity contribution is 6.08. The quantitative estimate of drug-likeness (QED) is 0.919. The standard InChI is InChI=1S/C19H17FN2O2/c1-11-16-10-15(21-18(23)13-4-2-6-14(20)8-13)9-12-5-3-7-22(17(12)16)19(11)24/h2,4,6,8-11H,3,5,7H2,1H3,(H,21,23)/t11-/m1/s1. The maximum absolute atomic E-state index is 13.3. The summed E-state index contributed by atoms with van der Waals surface area (Å²) >= 11 is 0. The Kier molecular flexibility index (Phi) is 3.37. The fraction of sp³-hybridized carbons (Fsp3) is 0.263. The summed E-state index contributed by atoms with van der Waals surface area (Å²) in [6.45, 7) is 2.66. The van der Waals surface area contributed by atoms with Gasteiger partial charge in [0.1, 0.15) is 5.82 Å². The number of anilines is 2. The highest BCUT2D eigenvalue weighted by Crippen LogP contribution is 2.44. The first kappa shape index (κ1) is 14.9. The molecule has 0 bridgehead atoms. The van der Waals surface area contributed by atoms with Gasteiger partial charge in [-0.2, -0.15) is 0 Å². The second-order valence-corrected chi connectivity index (χ2v) is 6.35. The van der Waals surface area contributed by atoms with Crippen LogP contribution in [0.3, 0.4) is 0 Å². The van der Waals surface area contributed by atoms with Crippen molar-refractivity contribution in [2.75, 3.05) is 16.8 Å². The molecule has 1 atom stereocenters. The minimum absolute atomic E-state index is 0.125. The van der Waals surface area contributed by atoms with Crippen LogP contribution in [0.15, 0.2) is 36.4 Å². The molecule has 0 unspecified atom stereocenters. The van der Waals surface area contributed by atoms with E-state index in [9.17, 15) is 14.0 Å². The molecule has 0 spiro atoms. The molecular weight excluding hydrogens is 307 g/mol. The molecule has 0 radical (unpaired) electrons. The number of nitrogens with zero attached hydrogens (tertiary/aromatic N) is 1. The van der Waals surface area contributed by atoms with E-state index in [0.29, 0.717) is 5.69 Å². The average molecular weight is 324 g/mol. The Morgan fingerprint density at radius 3 is 2.92 bits per heavy atom. The van der Waals surface area contributed by atoms with Gasteiger partial charge in [0.05, 0.1) is 11.6 Å². The fourth-order valence-electron chi connectivity index (χ4n) is 3.60. The molecule has 0 aromatic heterocycles. The lowest BCUT2D eigenvalue weighted by Crippen LogP contribution is -2.32. The van der Waals surface area contributed by atoms with Crippen LogP contribution in [-0.4, -0.2) is 18.4 Å². The molecular formula is C19H17FN2O2. The van der Waals surface area contributed by atoms with E-state index in [1.807, 2.05) is 24.0 Å². The third-order valence-electron chi connectivity index (χ3n) is 4.76. The molecule has 0 fully saturated rings. The molecule has 4 nitrogen and oxygen atoms in total. The number of carbonyl (C=O) groups excluding carboxylic acids is 2. The van der Waals surface area contributed by atoms with Crippen LogP contribution >= 0.6 is 0 Å².